The lowest BCUT2D eigenvalue weighted by molar-refractivity contribution is -0.139. The van der Waals surface area contributed by atoms with Crippen LogP contribution in [0.5, 0.6) is 11.5 Å². The Hall–Kier alpha value is -3.61. The predicted octanol–water partition coefficient (Wildman–Crippen LogP) is 4.03. The van der Waals surface area contributed by atoms with Crippen LogP contribution in [-0.2, 0) is 22.7 Å². The Kier molecular flexibility index (Phi) is 6.63. The fraction of sp³-hybridized carbons (Fsp3) is 0.227. The van der Waals surface area contributed by atoms with Crippen molar-refractivity contribution in [3.63, 3.8) is 0 Å². The van der Waals surface area contributed by atoms with E-state index in [1.54, 1.807) is 43.6 Å². The lowest BCUT2D eigenvalue weighted by Crippen LogP contribution is -2.02. The van der Waals surface area contributed by atoms with Gasteiger partial charge in [0.2, 0.25) is 0 Å². The maximum Gasteiger partial charge on any atom is 0.331 e. The van der Waals surface area contributed by atoms with E-state index in [0.717, 1.165) is 22.6 Å². The van der Waals surface area contributed by atoms with Gasteiger partial charge in [-0.3, -0.25) is 4.98 Å². The molecule has 7 heteroatoms. The molecule has 0 N–H and O–H groups in total. The predicted molar refractivity (Wildman–Crippen MR) is 106 cm³/mol. The number of hydrogen-bond donors (Lipinski definition) is 0. The average Bonchev–Trinajstić information content (AvgIpc) is 3.07. The summed E-state index contributed by atoms with van der Waals surface area (Å²) >= 11 is 0. The van der Waals surface area contributed by atoms with E-state index in [4.69, 9.17) is 18.7 Å². The number of esters is 1. The van der Waals surface area contributed by atoms with Gasteiger partial charge in [-0.1, -0.05) is 17.3 Å². The van der Waals surface area contributed by atoms with Crippen molar-refractivity contribution in [2.45, 2.75) is 27.1 Å². The number of methoxy groups -OCH3 is 1. The van der Waals surface area contributed by atoms with Gasteiger partial charge in [0.1, 0.15) is 19.0 Å². The Labute approximate surface area is 168 Å². The minimum absolute atomic E-state index is 0.127. The SMILES string of the molecule is COc1cc(/C=C/C(=O)OCc2ccccn2)ccc1OCc1c(C)noc1C. The van der Waals surface area contributed by atoms with E-state index in [-0.39, 0.29) is 6.61 Å². The van der Waals surface area contributed by atoms with Crippen molar-refractivity contribution in [3.8, 4) is 11.5 Å². The zero-order valence-electron chi connectivity index (χ0n) is 16.5. The number of benzene rings is 1. The lowest BCUT2D eigenvalue weighted by atomic mass is 10.2. The Morgan fingerprint density at radius 1 is 1.14 bits per heavy atom. The summed E-state index contributed by atoms with van der Waals surface area (Å²) in [7, 11) is 1.56. The monoisotopic (exact) mass is 394 g/mol. The number of nitrogens with zero attached hydrogens (tertiary/aromatic N) is 2. The average molecular weight is 394 g/mol. The number of pyridine rings is 1. The van der Waals surface area contributed by atoms with E-state index in [0.29, 0.717) is 23.8 Å². The molecular weight excluding hydrogens is 372 g/mol. The Balaban J connectivity index is 1.60. The first kappa shape index (κ1) is 20.1. The largest absolute Gasteiger partial charge is 0.493 e. The van der Waals surface area contributed by atoms with Gasteiger partial charge in [0.25, 0.3) is 0 Å². The molecule has 150 valence electrons. The number of aryl methyl sites for hydroxylation is 2. The molecule has 2 heterocycles. The van der Waals surface area contributed by atoms with E-state index in [2.05, 4.69) is 10.1 Å². The Morgan fingerprint density at radius 3 is 2.69 bits per heavy atom. The molecule has 0 saturated heterocycles. The van der Waals surface area contributed by atoms with Gasteiger partial charge in [0.15, 0.2) is 11.5 Å². The molecule has 0 saturated carbocycles. The van der Waals surface area contributed by atoms with Gasteiger partial charge in [-0.2, -0.15) is 0 Å². The molecule has 0 spiro atoms. The van der Waals surface area contributed by atoms with Crippen molar-refractivity contribution in [1.82, 2.24) is 10.1 Å². The molecule has 0 atom stereocenters. The summed E-state index contributed by atoms with van der Waals surface area (Å²) in [6.45, 7) is 4.17. The smallest absolute Gasteiger partial charge is 0.331 e. The van der Waals surface area contributed by atoms with Crippen molar-refractivity contribution in [1.29, 1.82) is 0 Å². The number of carbonyl (C=O) groups excluding carboxylic acids is 1. The van der Waals surface area contributed by atoms with Crippen molar-refractivity contribution in [2.75, 3.05) is 7.11 Å². The van der Waals surface area contributed by atoms with Crippen LogP contribution in [-0.4, -0.2) is 23.2 Å². The minimum Gasteiger partial charge on any atom is -0.493 e. The summed E-state index contributed by atoms with van der Waals surface area (Å²) in [5, 5.41) is 3.92. The molecule has 0 bridgehead atoms. The van der Waals surface area contributed by atoms with Crippen LogP contribution in [0.15, 0.2) is 53.2 Å². The topological polar surface area (TPSA) is 83.7 Å². The van der Waals surface area contributed by atoms with Gasteiger partial charge in [0, 0.05) is 12.3 Å². The highest BCUT2D eigenvalue weighted by atomic mass is 16.5. The zero-order valence-corrected chi connectivity index (χ0v) is 16.5. The van der Waals surface area contributed by atoms with E-state index in [9.17, 15) is 4.79 Å². The van der Waals surface area contributed by atoms with Crippen LogP contribution in [0.25, 0.3) is 6.08 Å². The third-order valence-corrected chi connectivity index (χ3v) is 4.24. The summed E-state index contributed by atoms with van der Waals surface area (Å²) < 4.78 is 21.6. The standard InChI is InChI=1S/C22H22N2O5/c1-15-19(16(2)29-24-15)14-27-20-9-7-17(12-21(20)26-3)8-10-22(25)28-13-18-6-4-5-11-23-18/h4-12H,13-14H2,1-3H3/b10-8+. The summed E-state index contributed by atoms with van der Waals surface area (Å²) in [6, 6.07) is 10.8. The van der Waals surface area contributed by atoms with Crippen molar-refractivity contribution >= 4 is 12.0 Å². The number of hydrogen-bond acceptors (Lipinski definition) is 7. The van der Waals surface area contributed by atoms with Crippen LogP contribution in [0.4, 0.5) is 0 Å². The van der Waals surface area contributed by atoms with E-state index in [1.807, 2.05) is 26.0 Å². The molecule has 0 unspecified atom stereocenters. The first-order valence-corrected chi connectivity index (χ1v) is 9.04. The van der Waals surface area contributed by atoms with Crippen LogP contribution < -0.4 is 9.47 Å². The lowest BCUT2D eigenvalue weighted by Gasteiger charge is -2.11. The summed E-state index contributed by atoms with van der Waals surface area (Å²) in [5.41, 5.74) is 3.17. The van der Waals surface area contributed by atoms with Gasteiger partial charge >= 0.3 is 5.97 Å². The normalized spacial score (nSPS) is 10.9. The Bertz CT molecular complexity index is 976. The van der Waals surface area contributed by atoms with Gasteiger partial charge < -0.3 is 18.7 Å². The second-order valence-electron chi connectivity index (χ2n) is 6.26. The van der Waals surface area contributed by atoms with E-state index >= 15 is 0 Å². The molecule has 0 amide bonds. The minimum atomic E-state index is -0.451. The molecule has 7 nitrogen and oxygen atoms in total. The maximum absolute atomic E-state index is 11.9. The molecule has 0 aliphatic carbocycles. The van der Waals surface area contributed by atoms with Gasteiger partial charge in [0.05, 0.1) is 24.1 Å². The van der Waals surface area contributed by atoms with E-state index in [1.165, 1.54) is 6.08 Å². The molecule has 2 aromatic heterocycles. The van der Waals surface area contributed by atoms with Crippen LogP contribution in [0.2, 0.25) is 0 Å². The molecule has 3 aromatic rings. The highest BCUT2D eigenvalue weighted by Crippen LogP contribution is 2.30. The van der Waals surface area contributed by atoms with Gasteiger partial charge in [-0.15, -0.1) is 0 Å². The quantitative estimate of drug-likeness (QED) is 0.421. The third-order valence-electron chi connectivity index (χ3n) is 4.24. The fourth-order valence-corrected chi connectivity index (χ4v) is 2.61. The molecular formula is C22H22N2O5. The van der Waals surface area contributed by atoms with Crippen LogP contribution in [0.3, 0.4) is 0 Å². The summed E-state index contributed by atoms with van der Waals surface area (Å²) in [6.07, 6.45) is 4.67. The van der Waals surface area contributed by atoms with E-state index < -0.39 is 5.97 Å². The molecule has 3 rings (SSSR count). The number of ether oxygens (including phenoxy) is 3. The van der Waals surface area contributed by atoms with Crippen LogP contribution in [0, 0.1) is 13.8 Å². The molecule has 1 aromatic carbocycles. The second kappa shape index (κ2) is 9.54. The van der Waals surface area contributed by atoms with Gasteiger partial charge in [-0.05, 0) is 49.8 Å². The fourth-order valence-electron chi connectivity index (χ4n) is 2.61. The molecule has 0 aliphatic rings. The zero-order chi connectivity index (χ0) is 20.6. The molecule has 29 heavy (non-hydrogen) atoms. The van der Waals surface area contributed by atoms with Crippen molar-refractivity contribution in [2.24, 2.45) is 0 Å². The summed E-state index contributed by atoms with van der Waals surface area (Å²) in [4.78, 5) is 16.0. The second-order valence-corrected chi connectivity index (χ2v) is 6.26. The Morgan fingerprint density at radius 2 is 2.00 bits per heavy atom. The molecule has 0 aliphatic heterocycles. The molecule has 0 radical (unpaired) electrons. The number of rotatable bonds is 8. The summed E-state index contributed by atoms with van der Waals surface area (Å²) in [5.74, 6) is 1.42. The number of aromatic nitrogens is 2. The van der Waals surface area contributed by atoms with Crippen LogP contribution >= 0.6 is 0 Å². The maximum atomic E-state index is 11.9. The first-order chi connectivity index (χ1) is 14.1. The molecule has 0 fully saturated rings. The number of carbonyl (C=O) groups is 1. The van der Waals surface area contributed by atoms with Gasteiger partial charge in [-0.25, -0.2) is 4.79 Å². The highest BCUT2D eigenvalue weighted by Gasteiger charge is 2.12. The first-order valence-electron chi connectivity index (χ1n) is 9.04. The van der Waals surface area contributed by atoms with Crippen molar-refractivity contribution < 1.29 is 23.5 Å². The van der Waals surface area contributed by atoms with Crippen molar-refractivity contribution in [3.05, 3.63) is 76.9 Å². The highest BCUT2D eigenvalue weighted by molar-refractivity contribution is 5.87. The third kappa shape index (κ3) is 5.44. The van der Waals surface area contributed by atoms with Crippen LogP contribution in [0.1, 0.15) is 28.3 Å².